The molecule has 28 heavy (non-hydrogen) atoms. The van der Waals surface area contributed by atoms with Crippen LogP contribution in [0.2, 0.25) is 0 Å². The molecule has 1 aromatic heterocycles. The summed E-state index contributed by atoms with van der Waals surface area (Å²) in [5.41, 5.74) is 5.58. The van der Waals surface area contributed by atoms with Crippen molar-refractivity contribution >= 4 is 35.4 Å². The van der Waals surface area contributed by atoms with Crippen LogP contribution in [-0.2, 0) is 0 Å². The van der Waals surface area contributed by atoms with Gasteiger partial charge in [0.05, 0.1) is 35.2 Å². The van der Waals surface area contributed by atoms with Gasteiger partial charge in [0.25, 0.3) is 11.8 Å². The van der Waals surface area contributed by atoms with Crippen LogP contribution in [0.3, 0.4) is 0 Å². The number of carbonyl (C=O) groups is 2. The first-order chi connectivity index (χ1) is 13.7. The van der Waals surface area contributed by atoms with Crippen LogP contribution in [0.1, 0.15) is 43.2 Å². The molecule has 0 fully saturated rings. The number of nitrogens with one attached hydrogen (secondary N) is 2. The number of fused-ring (bicyclic) bond motifs is 2. The zero-order valence-electron chi connectivity index (χ0n) is 14.6. The van der Waals surface area contributed by atoms with Crippen molar-refractivity contribution in [3.8, 4) is 0 Å². The number of rotatable bonds is 2. The first kappa shape index (κ1) is 16.1. The number of hydrogen-bond acceptors (Lipinski definition) is 4. The van der Waals surface area contributed by atoms with Crippen molar-refractivity contribution < 1.29 is 9.59 Å². The van der Waals surface area contributed by atoms with E-state index >= 15 is 0 Å². The first-order valence-electron chi connectivity index (χ1n) is 8.76. The third-order valence-electron chi connectivity index (χ3n) is 4.68. The van der Waals surface area contributed by atoms with Gasteiger partial charge in [-0.15, -0.1) is 0 Å². The minimum Gasteiger partial charge on any atom is -0.321 e. The lowest BCUT2D eigenvalue weighted by molar-refractivity contribution is 0.0972. The summed E-state index contributed by atoms with van der Waals surface area (Å²) in [5.74, 6) is -0.253. The Morgan fingerprint density at radius 3 is 1.54 bits per heavy atom. The minimum atomic E-state index is -0.127. The first-order valence-corrected chi connectivity index (χ1v) is 8.76. The molecule has 0 aliphatic carbocycles. The maximum atomic E-state index is 12.1. The van der Waals surface area contributed by atoms with Crippen LogP contribution in [0.15, 0.2) is 60.9 Å². The average molecular weight is 366 g/mol. The van der Waals surface area contributed by atoms with E-state index in [-0.39, 0.29) is 11.8 Å². The van der Waals surface area contributed by atoms with Gasteiger partial charge >= 0.3 is 0 Å². The maximum absolute atomic E-state index is 12.1. The molecule has 2 aliphatic heterocycles. The molecule has 6 nitrogen and oxygen atoms in total. The molecular formula is C22H14N4O2. The third-order valence-corrected chi connectivity index (χ3v) is 4.68. The van der Waals surface area contributed by atoms with Gasteiger partial charge in [-0.05, 0) is 24.3 Å². The Balaban J connectivity index is 1.51. The summed E-state index contributed by atoms with van der Waals surface area (Å²) in [5, 5.41) is 5.72. The highest BCUT2D eigenvalue weighted by atomic mass is 16.2. The number of aromatic nitrogens is 2. The molecule has 0 unspecified atom stereocenters. The minimum absolute atomic E-state index is 0.127. The topological polar surface area (TPSA) is 84.0 Å². The summed E-state index contributed by atoms with van der Waals surface area (Å²) in [7, 11) is 0. The lowest BCUT2D eigenvalue weighted by atomic mass is 10.1. The van der Waals surface area contributed by atoms with Gasteiger partial charge in [0.15, 0.2) is 0 Å². The van der Waals surface area contributed by atoms with E-state index < -0.39 is 0 Å². The van der Waals surface area contributed by atoms with Crippen LogP contribution in [0, 0.1) is 0 Å². The Bertz CT molecular complexity index is 1120. The normalized spacial score (nSPS) is 17.4. The molecule has 0 atom stereocenters. The van der Waals surface area contributed by atoms with Gasteiger partial charge in [0.1, 0.15) is 0 Å². The van der Waals surface area contributed by atoms with Crippen LogP contribution in [0.5, 0.6) is 0 Å². The molecule has 6 heteroatoms. The van der Waals surface area contributed by atoms with Crippen LogP contribution in [0.25, 0.3) is 23.5 Å². The van der Waals surface area contributed by atoms with Crippen molar-refractivity contribution in [2.45, 2.75) is 0 Å². The smallest absolute Gasteiger partial charge is 0.256 e. The van der Waals surface area contributed by atoms with Crippen molar-refractivity contribution in [1.29, 1.82) is 0 Å². The molecule has 3 aromatic rings. The highest BCUT2D eigenvalue weighted by Gasteiger charge is 2.24. The van der Waals surface area contributed by atoms with E-state index in [9.17, 15) is 9.59 Å². The van der Waals surface area contributed by atoms with E-state index in [4.69, 9.17) is 0 Å². The van der Waals surface area contributed by atoms with Crippen molar-refractivity contribution in [3.05, 3.63) is 94.6 Å². The SMILES string of the molecule is O=C1N/C(=C\c2cncc(/C=C3\NC(=O)c4ccccc43)n2)c2ccccc21. The summed E-state index contributed by atoms with van der Waals surface area (Å²) in [6, 6.07) is 14.8. The summed E-state index contributed by atoms with van der Waals surface area (Å²) in [4.78, 5) is 33.0. The zero-order valence-corrected chi connectivity index (χ0v) is 14.6. The summed E-state index contributed by atoms with van der Waals surface area (Å²) >= 11 is 0. The lowest BCUT2D eigenvalue weighted by Crippen LogP contribution is -2.12. The number of benzene rings is 2. The number of hydrogen-bond donors (Lipinski definition) is 2. The highest BCUT2D eigenvalue weighted by molar-refractivity contribution is 6.12. The largest absolute Gasteiger partial charge is 0.321 e. The van der Waals surface area contributed by atoms with Crippen molar-refractivity contribution in [2.24, 2.45) is 0 Å². The number of amides is 2. The van der Waals surface area contributed by atoms with E-state index in [1.807, 2.05) is 36.4 Å². The maximum Gasteiger partial charge on any atom is 0.256 e. The standard InChI is InChI=1S/C22H14N4O2/c27-21-17-7-3-1-5-15(17)19(25-21)9-13-11-23-12-14(24-13)10-20-16-6-2-4-8-18(16)22(28)26-20/h1-12H,(H,25,27)(H,26,28)/b19-9-,20-10-. The van der Waals surface area contributed by atoms with Gasteiger partial charge in [-0.2, -0.15) is 0 Å². The lowest BCUT2D eigenvalue weighted by Gasteiger charge is -2.02. The molecule has 3 heterocycles. The van der Waals surface area contributed by atoms with Crippen LogP contribution < -0.4 is 10.6 Å². The highest BCUT2D eigenvalue weighted by Crippen LogP contribution is 2.27. The fourth-order valence-electron chi connectivity index (χ4n) is 3.41. The fraction of sp³-hybridized carbons (Fsp3) is 0. The molecule has 0 spiro atoms. The Morgan fingerprint density at radius 1 is 0.643 bits per heavy atom. The van der Waals surface area contributed by atoms with Gasteiger partial charge in [0.2, 0.25) is 0 Å². The molecule has 134 valence electrons. The third kappa shape index (κ3) is 2.68. The molecule has 2 aliphatic rings. The molecule has 2 aromatic carbocycles. The predicted molar refractivity (Wildman–Crippen MR) is 106 cm³/mol. The van der Waals surface area contributed by atoms with E-state index in [0.717, 1.165) is 11.1 Å². The Morgan fingerprint density at radius 2 is 1.07 bits per heavy atom. The van der Waals surface area contributed by atoms with Gasteiger partial charge in [0, 0.05) is 22.3 Å². The average Bonchev–Trinajstić information content (AvgIpc) is 3.20. The molecule has 0 saturated carbocycles. The second-order valence-corrected chi connectivity index (χ2v) is 6.48. The monoisotopic (exact) mass is 366 g/mol. The van der Waals surface area contributed by atoms with Crippen LogP contribution in [0.4, 0.5) is 0 Å². The second kappa shape index (κ2) is 6.28. The van der Waals surface area contributed by atoms with E-state index in [1.165, 1.54) is 0 Å². The van der Waals surface area contributed by atoms with Gasteiger partial charge in [-0.1, -0.05) is 36.4 Å². The zero-order chi connectivity index (χ0) is 19.1. The van der Waals surface area contributed by atoms with Crippen molar-refractivity contribution in [1.82, 2.24) is 20.6 Å². The van der Waals surface area contributed by atoms with E-state index in [0.29, 0.717) is 33.9 Å². The quantitative estimate of drug-likeness (QED) is 0.730. The predicted octanol–water partition coefficient (Wildman–Crippen LogP) is 2.96. The Labute approximate surface area is 160 Å². The molecular weight excluding hydrogens is 352 g/mol. The van der Waals surface area contributed by atoms with Gasteiger partial charge < -0.3 is 10.6 Å². The Hall–Kier alpha value is -4.06. The molecule has 5 rings (SSSR count). The van der Waals surface area contributed by atoms with Crippen molar-refractivity contribution in [3.63, 3.8) is 0 Å². The van der Waals surface area contributed by atoms with E-state index in [1.54, 1.807) is 36.7 Å². The molecule has 2 N–H and O–H groups in total. The molecule has 2 amide bonds. The molecule has 0 bridgehead atoms. The van der Waals surface area contributed by atoms with Gasteiger partial charge in [-0.3, -0.25) is 14.6 Å². The molecule has 0 saturated heterocycles. The van der Waals surface area contributed by atoms with Crippen LogP contribution >= 0.6 is 0 Å². The second-order valence-electron chi connectivity index (χ2n) is 6.48. The summed E-state index contributed by atoms with van der Waals surface area (Å²) in [6.45, 7) is 0. The summed E-state index contributed by atoms with van der Waals surface area (Å²) in [6.07, 6.45) is 6.84. The van der Waals surface area contributed by atoms with Crippen molar-refractivity contribution in [2.75, 3.05) is 0 Å². The number of nitrogens with zero attached hydrogens (tertiary/aromatic N) is 2. The van der Waals surface area contributed by atoms with E-state index in [2.05, 4.69) is 20.6 Å². The number of carbonyl (C=O) groups excluding carboxylic acids is 2. The van der Waals surface area contributed by atoms with Gasteiger partial charge in [-0.25, -0.2) is 4.98 Å². The summed E-state index contributed by atoms with van der Waals surface area (Å²) < 4.78 is 0. The van der Waals surface area contributed by atoms with Crippen LogP contribution in [-0.4, -0.2) is 21.8 Å². The fourth-order valence-corrected chi connectivity index (χ4v) is 3.41. The molecule has 0 radical (unpaired) electrons. The Kier molecular flexibility index (Phi) is 3.62.